The minimum atomic E-state index is 0.285. The van der Waals surface area contributed by atoms with Crippen LogP contribution in [0, 0.1) is 17.3 Å². The molecule has 0 spiro atoms. The van der Waals surface area contributed by atoms with Crippen molar-refractivity contribution >= 4 is 0 Å². The van der Waals surface area contributed by atoms with Crippen LogP contribution in [0.15, 0.2) is 24.7 Å². The number of imidazole rings is 1. The summed E-state index contributed by atoms with van der Waals surface area (Å²) in [6.07, 6.45) is 10.5. The van der Waals surface area contributed by atoms with Crippen LogP contribution in [-0.4, -0.2) is 21.6 Å². The van der Waals surface area contributed by atoms with Crippen molar-refractivity contribution in [2.45, 2.75) is 58.9 Å². The zero-order valence-electron chi connectivity index (χ0n) is 15.8. The molecule has 3 heterocycles. The number of methoxy groups -OCH3 is 1. The van der Waals surface area contributed by atoms with Crippen LogP contribution < -0.4 is 4.74 Å². The summed E-state index contributed by atoms with van der Waals surface area (Å²) >= 11 is 0. The summed E-state index contributed by atoms with van der Waals surface area (Å²) in [4.78, 5) is 9.17. The number of fused-ring (bicyclic) bond motifs is 3. The van der Waals surface area contributed by atoms with Crippen molar-refractivity contribution in [2.24, 2.45) is 17.3 Å². The van der Waals surface area contributed by atoms with Crippen molar-refractivity contribution in [3.8, 4) is 17.1 Å². The highest BCUT2D eigenvalue weighted by Gasteiger charge is 2.35. The molecule has 0 amide bonds. The molecule has 2 aromatic rings. The summed E-state index contributed by atoms with van der Waals surface area (Å²) in [5.41, 5.74) is 4.08. The quantitative estimate of drug-likeness (QED) is 0.778. The van der Waals surface area contributed by atoms with E-state index in [-0.39, 0.29) is 6.04 Å². The molecule has 2 atom stereocenters. The summed E-state index contributed by atoms with van der Waals surface area (Å²) in [6, 6.07) is 4.36. The SMILES string of the molecule is COc1ccc2c(n1)C(CC(C)C1CCC(C)(C)CC1)n1cncc1-2. The first-order valence-electron chi connectivity index (χ1n) is 9.55. The number of hydrogen-bond donors (Lipinski definition) is 0. The molecule has 4 rings (SSSR count). The minimum absolute atomic E-state index is 0.285. The van der Waals surface area contributed by atoms with E-state index in [4.69, 9.17) is 9.72 Å². The predicted molar refractivity (Wildman–Crippen MR) is 99.7 cm³/mol. The lowest BCUT2D eigenvalue weighted by molar-refractivity contribution is 0.145. The van der Waals surface area contributed by atoms with Crippen LogP contribution in [0.5, 0.6) is 5.88 Å². The van der Waals surface area contributed by atoms with Crippen molar-refractivity contribution in [1.82, 2.24) is 14.5 Å². The van der Waals surface area contributed by atoms with Gasteiger partial charge in [0.1, 0.15) is 0 Å². The predicted octanol–water partition coefficient (Wildman–Crippen LogP) is 5.10. The van der Waals surface area contributed by atoms with Gasteiger partial charge in [-0.2, -0.15) is 0 Å². The van der Waals surface area contributed by atoms with Gasteiger partial charge in [0.2, 0.25) is 5.88 Å². The highest BCUT2D eigenvalue weighted by Crippen LogP contribution is 2.46. The summed E-state index contributed by atoms with van der Waals surface area (Å²) < 4.78 is 7.68. The van der Waals surface area contributed by atoms with E-state index >= 15 is 0 Å². The number of pyridine rings is 1. The van der Waals surface area contributed by atoms with E-state index in [0.717, 1.165) is 18.0 Å². The number of aromatic nitrogens is 3. The molecule has 4 nitrogen and oxygen atoms in total. The molecule has 2 unspecified atom stereocenters. The maximum Gasteiger partial charge on any atom is 0.213 e. The maximum atomic E-state index is 5.37. The topological polar surface area (TPSA) is 39.9 Å². The van der Waals surface area contributed by atoms with Gasteiger partial charge in [-0.1, -0.05) is 20.8 Å². The molecule has 0 radical (unpaired) electrons. The monoisotopic (exact) mass is 339 g/mol. The standard InChI is InChI=1S/C21H29N3O/c1-14(15-7-9-21(2,3)10-8-15)11-17-20-16(5-6-19(23-20)25-4)18-12-22-13-24(17)18/h5-6,12-15,17H,7-11H2,1-4H3. The van der Waals surface area contributed by atoms with Gasteiger partial charge >= 0.3 is 0 Å². The lowest BCUT2D eigenvalue weighted by atomic mass is 9.69. The fourth-order valence-electron chi connectivity index (χ4n) is 4.69. The molecule has 1 fully saturated rings. The smallest absolute Gasteiger partial charge is 0.213 e. The highest BCUT2D eigenvalue weighted by molar-refractivity contribution is 5.67. The Bertz CT molecular complexity index is 754. The van der Waals surface area contributed by atoms with E-state index in [1.165, 1.54) is 36.9 Å². The van der Waals surface area contributed by atoms with Crippen LogP contribution in [0.4, 0.5) is 0 Å². The number of rotatable bonds is 4. The average molecular weight is 339 g/mol. The van der Waals surface area contributed by atoms with Crippen LogP contribution in [-0.2, 0) is 0 Å². The van der Waals surface area contributed by atoms with E-state index in [9.17, 15) is 0 Å². The van der Waals surface area contributed by atoms with Gasteiger partial charge in [-0.15, -0.1) is 0 Å². The third kappa shape index (κ3) is 2.96. The van der Waals surface area contributed by atoms with Crippen LogP contribution in [0.2, 0.25) is 0 Å². The van der Waals surface area contributed by atoms with Crippen LogP contribution in [0.1, 0.15) is 64.6 Å². The number of hydrogen-bond acceptors (Lipinski definition) is 3. The Kier molecular flexibility index (Phi) is 4.09. The first-order valence-corrected chi connectivity index (χ1v) is 9.55. The lowest BCUT2D eigenvalue weighted by Crippen LogP contribution is -2.26. The van der Waals surface area contributed by atoms with Crippen molar-refractivity contribution < 1.29 is 4.74 Å². The van der Waals surface area contributed by atoms with E-state index in [2.05, 4.69) is 36.4 Å². The summed E-state index contributed by atoms with van der Waals surface area (Å²) in [6.45, 7) is 7.25. The third-order valence-corrected chi connectivity index (χ3v) is 6.49. The van der Waals surface area contributed by atoms with Crippen LogP contribution in [0.3, 0.4) is 0 Å². The van der Waals surface area contributed by atoms with E-state index in [0.29, 0.717) is 17.2 Å². The first-order chi connectivity index (χ1) is 12.0. The molecule has 0 aromatic carbocycles. The molecule has 4 heteroatoms. The molecule has 1 aliphatic heterocycles. The molecular formula is C21H29N3O. The largest absolute Gasteiger partial charge is 0.481 e. The molecule has 2 aliphatic rings. The Morgan fingerprint density at radius 3 is 2.76 bits per heavy atom. The van der Waals surface area contributed by atoms with Gasteiger partial charge in [-0.3, -0.25) is 0 Å². The van der Waals surface area contributed by atoms with E-state index in [1.807, 2.05) is 18.6 Å². The van der Waals surface area contributed by atoms with E-state index < -0.39 is 0 Å². The highest BCUT2D eigenvalue weighted by atomic mass is 16.5. The number of ether oxygens (including phenoxy) is 1. The zero-order valence-corrected chi connectivity index (χ0v) is 15.8. The summed E-state index contributed by atoms with van der Waals surface area (Å²) in [5, 5.41) is 0. The molecular weight excluding hydrogens is 310 g/mol. The molecule has 134 valence electrons. The molecule has 0 saturated heterocycles. The van der Waals surface area contributed by atoms with Gasteiger partial charge < -0.3 is 9.30 Å². The summed E-state index contributed by atoms with van der Waals surface area (Å²) in [7, 11) is 1.69. The Balaban J connectivity index is 1.57. The average Bonchev–Trinajstić information content (AvgIpc) is 3.17. The maximum absolute atomic E-state index is 5.37. The second-order valence-corrected chi connectivity index (χ2v) is 8.70. The van der Waals surface area contributed by atoms with Gasteiger partial charge in [0.25, 0.3) is 0 Å². The number of nitrogens with zero attached hydrogens (tertiary/aromatic N) is 3. The second kappa shape index (κ2) is 6.15. The third-order valence-electron chi connectivity index (χ3n) is 6.49. The molecule has 1 aliphatic carbocycles. The van der Waals surface area contributed by atoms with Gasteiger partial charge in [-0.05, 0) is 55.4 Å². The molecule has 25 heavy (non-hydrogen) atoms. The Labute approximate surface area is 150 Å². The van der Waals surface area contributed by atoms with Gasteiger partial charge in [-0.25, -0.2) is 9.97 Å². The van der Waals surface area contributed by atoms with Crippen LogP contribution >= 0.6 is 0 Å². The van der Waals surface area contributed by atoms with Crippen LogP contribution in [0.25, 0.3) is 11.3 Å². The molecule has 2 aromatic heterocycles. The van der Waals surface area contributed by atoms with Gasteiger partial charge in [0.15, 0.2) is 0 Å². The normalized spacial score (nSPS) is 23.1. The van der Waals surface area contributed by atoms with Crippen molar-refractivity contribution in [3.63, 3.8) is 0 Å². The summed E-state index contributed by atoms with van der Waals surface area (Å²) in [5.74, 6) is 2.22. The fourth-order valence-corrected chi connectivity index (χ4v) is 4.69. The van der Waals surface area contributed by atoms with Crippen molar-refractivity contribution in [1.29, 1.82) is 0 Å². The first kappa shape index (κ1) is 16.6. The minimum Gasteiger partial charge on any atom is -0.481 e. The Morgan fingerprint density at radius 2 is 2.04 bits per heavy atom. The molecule has 1 saturated carbocycles. The Morgan fingerprint density at radius 1 is 1.28 bits per heavy atom. The van der Waals surface area contributed by atoms with Gasteiger partial charge in [0, 0.05) is 11.6 Å². The Hall–Kier alpha value is -1.84. The van der Waals surface area contributed by atoms with Gasteiger partial charge in [0.05, 0.1) is 37.1 Å². The van der Waals surface area contributed by atoms with E-state index in [1.54, 1.807) is 7.11 Å². The second-order valence-electron chi connectivity index (χ2n) is 8.70. The molecule has 0 bridgehead atoms. The molecule has 0 N–H and O–H groups in total. The zero-order chi connectivity index (χ0) is 17.6. The fraction of sp³-hybridized carbons (Fsp3) is 0.619. The lowest BCUT2D eigenvalue weighted by Gasteiger charge is -2.37. The van der Waals surface area contributed by atoms with Crippen molar-refractivity contribution in [3.05, 3.63) is 30.4 Å². The van der Waals surface area contributed by atoms with Crippen molar-refractivity contribution in [2.75, 3.05) is 7.11 Å².